The molecule has 100 valence electrons. The summed E-state index contributed by atoms with van der Waals surface area (Å²) in [6, 6.07) is 3.19. The molecule has 0 saturated heterocycles. The second-order valence-corrected chi connectivity index (χ2v) is 4.26. The molecule has 2 aromatic rings. The number of anilines is 1. The van der Waals surface area contributed by atoms with Gasteiger partial charge in [-0.25, -0.2) is 9.97 Å². The lowest BCUT2D eigenvalue weighted by Gasteiger charge is -2.07. The average Bonchev–Trinajstić information content (AvgIpc) is 2.91. The zero-order chi connectivity index (χ0) is 13.7. The standard InChI is InChI=1S/C12H14ClN5O/c1-14-11-7-9(6-10(13)17-11)12(19)16-3-5-18-4-2-15-8-18/h2,4,6-8H,3,5H2,1H3,(H,14,17)(H,16,19). The second kappa shape index (κ2) is 6.19. The number of nitrogens with zero attached hydrogens (tertiary/aromatic N) is 3. The molecule has 0 unspecified atom stereocenters. The van der Waals surface area contributed by atoms with Crippen molar-refractivity contribution < 1.29 is 4.79 Å². The summed E-state index contributed by atoms with van der Waals surface area (Å²) in [6.45, 7) is 1.19. The highest BCUT2D eigenvalue weighted by Gasteiger charge is 2.08. The molecule has 0 aromatic carbocycles. The summed E-state index contributed by atoms with van der Waals surface area (Å²) in [5, 5.41) is 5.95. The number of hydrogen-bond donors (Lipinski definition) is 2. The molecule has 0 radical (unpaired) electrons. The number of nitrogens with one attached hydrogen (secondary N) is 2. The minimum Gasteiger partial charge on any atom is -0.373 e. The Morgan fingerprint density at radius 2 is 2.32 bits per heavy atom. The van der Waals surface area contributed by atoms with Crippen LogP contribution in [0.5, 0.6) is 0 Å². The van der Waals surface area contributed by atoms with Gasteiger partial charge in [0, 0.05) is 38.1 Å². The lowest BCUT2D eigenvalue weighted by molar-refractivity contribution is 0.0952. The molecule has 6 nitrogen and oxygen atoms in total. The minimum absolute atomic E-state index is 0.180. The number of carbonyl (C=O) groups is 1. The third kappa shape index (κ3) is 3.69. The van der Waals surface area contributed by atoms with Crippen LogP contribution in [0.3, 0.4) is 0 Å². The predicted molar refractivity (Wildman–Crippen MR) is 73.4 cm³/mol. The lowest BCUT2D eigenvalue weighted by atomic mass is 10.2. The van der Waals surface area contributed by atoms with E-state index < -0.39 is 0 Å². The molecular formula is C12H14ClN5O. The molecule has 2 N–H and O–H groups in total. The number of amides is 1. The summed E-state index contributed by atoms with van der Waals surface area (Å²) in [6.07, 6.45) is 5.24. The molecule has 2 aromatic heterocycles. The molecule has 0 bridgehead atoms. The van der Waals surface area contributed by atoms with Crippen molar-refractivity contribution in [3.8, 4) is 0 Å². The van der Waals surface area contributed by atoms with Crippen molar-refractivity contribution in [2.45, 2.75) is 6.54 Å². The van der Waals surface area contributed by atoms with Crippen LogP contribution in [0.2, 0.25) is 5.15 Å². The first-order chi connectivity index (χ1) is 9.19. The van der Waals surface area contributed by atoms with Gasteiger partial charge in [-0.2, -0.15) is 0 Å². The highest BCUT2D eigenvalue weighted by atomic mass is 35.5. The van der Waals surface area contributed by atoms with E-state index >= 15 is 0 Å². The van der Waals surface area contributed by atoms with Gasteiger partial charge >= 0.3 is 0 Å². The van der Waals surface area contributed by atoms with E-state index in [1.54, 1.807) is 25.6 Å². The van der Waals surface area contributed by atoms with Crippen LogP contribution in [-0.2, 0) is 6.54 Å². The van der Waals surface area contributed by atoms with E-state index in [1.165, 1.54) is 6.07 Å². The molecule has 1 amide bonds. The van der Waals surface area contributed by atoms with Gasteiger partial charge < -0.3 is 15.2 Å². The fourth-order valence-corrected chi connectivity index (χ4v) is 1.78. The first-order valence-electron chi connectivity index (χ1n) is 5.78. The SMILES string of the molecule is CNc1cc(C(=O)NCCn2ccnc2)cc(Cl)n1. The molecule has 7 heteroatoms. The zero-order valence-corrected chi connectivity index (χ0v) is 11.2. The van der Waals surface area contributed by atoms with Crippen molar-refractivity contribution in [1.29, 1.82) is 0 Å². The highest BCUT2D eigenvalue weighted by Crippen LogP contribution is 2.13. The van der Waals surface area contributed by atoms with Crippen molar-refractivity contribution in [1.82, 2.24) is 19.9 Å². The van der Waals surface area contributed by atoms with Gasteiger partial charge in [-0.05, 0) is 12.1 Å². The number of halogens is 1. The first-order valence-corrected chi connectivity index (χ1v) is 6.16. The van der Waals surface area contributed by atoms with Gasteiger partial charge in [0.2, 0.25) is 0 Å². The molecule has 0 aliphatic rings. The molecule has 19 heavy (non-hydrogen) atoms. The monoisotopic (exact) mass is 279 g/mol. The van der Waals surface area contributed by atoms with Gasteiger partial charge in [0.1, 0.15) is 11.0 Å². The van der Waals surface area contributed by atoms with Crippen LogP contribution in [0.1, 0.15) is 10.4 Å². The Morgan fingerprint density at radius 3 is 3.00 bits per heavy atom. The molecule has 0 atom stereocenters. The predicted octanol–water partition coefficient (Wildman–Crippen LogP) is 1.40. The normalized spacial score (nSPS) is 10.2. The van der Waals surface area contributed by atoms with E-state index in [9.17, 15) is 4.79 Å². The number of rotatable bonds is 5. The first kappa shape index (κ1) is 13.4. The van der Waals surface area contributed by atoms with Crippen LogP contribution in [0.25, 0.3) is 0 Å². The number of carbonyl (C=O) groups excluding carboxylic acids is 1. The topological polar surface area (TPSA) is 71.8 Å². The van der Waals surface area contributed by atoms with Gasteiger partial charge in [-0.15, -0.1) is 0 Å². The van der Waals surface area contributed by atoms with Crippen LogP contribution < -0.4 is 10.6 Å². The van der Waals surface area contributed by atoms with E-state index in [0.717, 1.165) is 0 Å². The van der Waals surface area contributed by atoms with Crippen LogP contribution in [0, 0.1) is 0 Å². The van der Waals surface area contributed by atoms with E-state index in [-0.39, 0.29) is 11.1 Å². The zero-order valence-electron chi connectivity index (χ0n) is 10.4. The summed E-state index contributed by atoms with van der Waals surface area (Å²) in [4.78, 5) is 19.9. The van der Waals surface area contributed by atoms with E-state index in [2.05, 4.69) is 20.6 Å². The summed E-state index contributed by atoms with van der Waals surface area (Å²) >= 11 is 5.84. The Bertz CT molecular complexity index is 555. The van der Waals surface area contributed by atoms with Crippen LogP contribution in [0.15, 0.2) is 30.9 Å². The van der Waals surface area contributed by atoms with Crippen LogP contribution in [-0.4, -0.2) is 34.0 Å². The third-order valence-electron chi connectivity index (χ3n) is 2.53. The highest BCUT2D eigenvalue weighted by molar-refractivity contribution is 6.29. The van der Waals surface area contributed by atoms with Crippen LogP contribution >= 0.6 is 11.6 Å². The lowest BCUT2D eigenvalue weighted by Crippen LogP contribution is -2.27. The van der Waals surface area contributed by atoms with E-state index in [1.807, 2.05) is 10.8 Å². The molecule has 0 aliphatic carbocycles. The number of pyridine rings is 1. The Balaban J connectivity index is 1.94. The molecular weight excluding hydrogens is 266 g/mol. The van der Waals surface area contributed by atoms with Gasteiger partial charge in [-0.3, -0.25) is 4.79 Å². The number of hydrogen-bond acceptors (Lipinski definition) is 4. The van der Waals surface area contributed by atoms with Gasteiger partial charge in [0.05, 0.1) is 6.33 Å². The largest absolute Gasteiger partial charge is 0.373 e. The fraction of sp³-hybridized carbons (Fsp3) is 0.250. The summed E-state index contributed by atoms with van der Waals surface area (Å²) in [5.74, 6) is 0.383. The van der Waals surface area contributed by atoms with Gasteiger partial charge in [0.15, 0.2) is 0 Å². The number of imidazole rings is 1. The van der Waals surface area contributed by atoms with Gasteiger partial charge in [-0.1, -0.05) is 11.6 Å². The maximum Gasteiger partial charge on any atom is 0.251 e. The minimum atomic E-state index is -0.180. The Morgan fingerprint density at radius 1 is 1.47 bits per heavy atom. The quantitative estimate of drug-likeness (QED) is 0.812. The van der Waals surface area contributed by atoms with Crippen molar-refractivity contribution in [2.75, 3.05) is 18.9 Å². The molecule has 0 spiro atoms. The second-order valence-electron chi connectivity index (χ2n) is 3.87. The van der Waals surface area contributed by atoms with Gasteiger partial charge in [0.25, 0.3) is 5.91 Å². The fourth-order valence-electron chi connectivity index (χ4n) is 1.58. The molecule has 2 rings (SSSR count). The summed E-state index contributed by atoms with van der Waals surface area (Å²) < 4.78 is 1.89. The third-order valence-corrected chi connectivity index (χ3v) is 2.72. The Hall–Kier alpha value is -2.08. The van der Waals surface area contributed by atoms with Crippen LogP contribution in [0.4, 0.5) is 5.82 Å². The van der Waals surface area contributed by atoms with Crippen molar-refractivity contribution in [2.24, 2.45) is 0 Å². The van der Waals surface area contributed by atoms with E-state index in [4.69, 9.17) is 11.6 Å². The van der Waals surface area contributed by atoms with Crippen molar-refractivity contribution >= 4 is 23.3 Å². The average molecular weight is 280 g/mol. The van der Waals surface area contributed by atoms with Crippen molar-refractivity contribution in [3.63, 3.8) is 0 Å². The van der Waals surface area contributed by atoms with E-state index in [0.29, 0.717) is 24.5 Å². The Kier molecular flexibility index (Phi) is 4.35. The molecule has 0 saturated carbocycles. The van der Waals surface area contributed by atoms with Crippen molar-refractivity contribution in [3.05, 3.63) is 41.6 Å². The molecule has 0 aliphatic heterocycles. The maximum atomic E-state index is 11.9. The Labute approximate surface area is 115 Å². The summed E-state index contributed by atoms with van der Waals surface area (Å²) in [7, 11) is 1.72. The number of aromatic nitrogens is 3. The molecule has 0 fully saturated rings. The maximum absolute atomic E-state index is 11.9. The molecule has 2 heterocycles. The smallest absolute Gasteiger partial charge is 0.251 e. The summed E-state index contributed by atoms with van der Waals surface area (Å²) in [5.41, 5.74) is 0.481.